The monoisotopic (exact) mass is 375 g/mol. The van der Waals surface area contributed by atoms with Gasteiger partial charge in [0.1, 0.15) is 12.0 Å². The van der Waals surface area contributed by atoms with Crippen molar-refractivity contribution in [2.75, 3.05) is 25.2 Å². The van der Waals surface area contributed by atoms with Crippen molar-refractivity contribution in [3.63, 3.8) is 0 Å². The maximum Gasteiger partial charge on any atom is 0.445 e. The Morgan fingerprint density at radius 3 is 2.73 bits per heavy atom. The molecule has 1 unspecified atom stereocenters. The highest BCUT2D eigenvalue weighted by Gasteiger charge is 2.47. The number of hydrogen-bond donors (Lipinski definition) is 1. The molecule has 7 nitrogen and oxygen atoms in total. The number of rotatable bonds is 4. The number of halogens is 1. The molecule has 1 aromatic rings. The van der Waals surface area contributed by atoms with E-state index in [0.717, 1.165) is 4.90 Å². The summed E-state index contributed by atoms with van der Waals surface area (Å²) in [7, 11) is 2.97. The number of allylic oxidation sites excluding steroid dienone is 1. The first-order valence-electron chi connectivity index (χ1n) is 7.73. The fourth-order valence-corrected chi connectivity index (χ4v) is 3.52. The summed E-state index contributed by atoms with van der Waals surface area (Å²) in [5.74, 6) is -1.33. The Morgan fingerprint density at radius 1 is 1.35 bits per heavy atom. The second-order valence-electron chi connectivity index (χ2n) is 5.72. The third-order valence-electron chi connectivity index (χ3n) is 3.98. The summed E-state index contributed by atoms with van der Waals surface area (Å²) in [6.45, 7) is 0. The molecule has 0 saturated carbocycles. The van der Waals surface area contributed by atoms with E-state index in [1.807, 2.05) is 0 Å². The lowest BCUT2D eigenvalue weighted by atomic mass is 10.0. The van der Waals surface area contributed by atoms with Crippen LogP contribution in [0.25, 0.3) is 0 Å². The van der Waals surface area contributed by atoms with Crippen LogP contribution in [0.15, 0.2) is 40.2 Å². The van der Waals surface area contributed by atoms with Crippen molar-refractivity contribution < 1.29 is 23.3 Å². The first-order chi connectivity index (χ1) is 12.4. The van der Waals surface area contributed by atoms with Crippen LogP contribution in [0, 0.1) is 11.7 Å². The first kappa shape index (κ1) is 18.0. The Bertz CT molecular complexity index is 876. The van der Waals surface area contributed by atoms with Gasteiger partial charge in [-0.25, -0.2) is 9.18 Å². The number of urea groups is 1. The standard InChI is InChI=1S/C17H15FN4O3S/c1-21-15-14(16(24)22(2)17(21)25)12(7-8-19-15)26-9-13(23)20-11-5-3-10(18)4-6-11/h3-8,14H,9H2,1-2H3/p+1. The summed E-state index contributed by atoms with van der Waals surface area (Å²) in [5.41, 5.74) is 0.488. The molecule has 3 rings (SSSR count). The molecular formula is C17H16FN4O3S+. The van der Waals surface area contributed by atoms with Crippen LogP contribution >= 0.6 is 11.8 Å². The van der Waals surface area contributed by atoms with Crippen molar-refractivity contribution in [1.29, 1.82) is 0 Å². The lowest BCUT2D eigenvalue weighted by Gasteiger charge is -2.26. The minimum atomic E-state index is -0.698. The number of dihydropyridines is 1. The third-order valence-corrected chi connectivity index (χ3v) is 5.09. The number of thioether (sulfide) groups is 1. The van der Waals surface area contributed by atoms with Gasteiger partial charge in [0, 0.05) is 10.6 Å². The number of aliphatic imine (C=N–C) groups is 1. The number of amidine groups is 1. The van der Waals surface area contributed by atoms with E-state index in [2.05, 4.69) is 10.3 Å². The molecule has 4 amide bonds. The Balaban J connectivity index is 1.70. The predicted molar refractivity (Wildman–Crippen MR) is 96.9 cm³/mol. The van der Waals surface area contributed by atoms with Crippen LogP contribution in [0.5, 0.6) is 0 Å². The molecule has 1 aromatic carbocycles. The minimum Gasteiger partial charge on any atom is -0.325 e. The molecular weight excluding hydrogens is 359 g/mol. The molecule has 1 atom stereocenters. The number of imide groups is 1. The van der Waals surface area contributed by atoms with Crippen molar-refractivity contribution in [3.8, 4) is 0 Å². The highest BCUT2D eigenvalue weighted by Crippen LogP contribution is 2.31. The number of carbonyl (C=O) groups is 3. The fourth-order valence-electron chi connectivity index (χ4n) is 2.62. The number of benzene rings is 1. The largest absolute Gasteiger partial charge is 0.445 e. The topological polar surface area (TPSA) is 81.8 Å². The van der Waals surface area contributed by atoms with Gasteiger partial charge in [-0.05, 0) is 30.3 Å². The Kier molecular flexibility index (Phi) is 4.99. The van der Waals surface area contributed by atoms with Gasteiger partial charge >= 0.3 is 11.9 Å². The number of nitrogens with zero attached hydrogens (tertiary/aromatic N) is 3. The SMILES string of the molecule is CN1C(=O)C2C(SCC(=O)Nc3ccc(F)cc3)=CC=NC2=[N+](C)C1=O. The van der Waals surface area contributed by atoms with E-state index in [0.29, 0.717) is 16.4 Å². The van der Waals surface area contributed by atoms with Crippen molar-refractivity contribution in [2.45, 2.75) is 0 Å². The van der Waals surface area contributed by atoms with Gasteiger partial charge in [0.05, 0.1) is 19.8 Å². The van der Waals surface area contributed by atoms with Crippen LogP contribution in [-0.4, -0.2) is 59.2 Å². The molecule has 2 aliphatic heterocycles. The fraction of sp³-hybridized carbons (Fsp3) is 0.235. The molecule has 0 bridgehead atoms. The van der Waals surface area contributed by atoms with E-state index >= 15 is 0 Å². The lowest BCUT2D eigenvalue weighted by Crippen LogP contribution is -2.52. The number of nitrogens with one attached hydrogen (secondary N) is 1. The van der Waals surface area contributed by atoms with Crippen LogP contribution in [0.4, 0.5) is 14.9 Å². The second kappa shape index (κ2) is 7.20. The highest BCUT2D eigenvalue weighted by molar-refractivity contribution is 8.03. The summed E-state index contributed by atoms with van der Waals surface area (Å²) in [4.78, 5) is 42.4. The van der Waals surface area contributed by atoms with E-state index in [4.69, 9.17) is 0 Å². The average molecular weight is 375 g/mol. The number of amides is 4. The van der Waals surface area contributed by atoms with Gasteiger partial charge in [0.2, 0.25) is 5.91 Å². The summed E-state index contributed by atoms with van der Waals surface area (Å²) < 4.78 is 14.2. The summed E-state index contributed by atoms with van der Waals surface area (Å²) in [6.07, 6.45) is 3.17. The molecule has 1 N–H and O–H groups in total. The van der Waals surface area contributed by atoms with Crippen molar-refractivity contribution >= 4 is 47.3 Å². The van der Waals surface area contributed by atoms with Crippen LogP contribution in [0.3, 0.4) is 0 Å². The summed E-state index contributed by atoms with van der Waals surface area (Å²) >= 11 is 1.20. The van der Waals surface area contributed by atoms with Crippen LogP contribution in [0.2, 0.25) is 0 Å². The first-order valence-corrected chi connectivity index (χ1v) is 8.71. The summed E-state index contributed by atoms with van der Waals surface area (Å²) in [6, 6.07) is 5.01. The maximum atomic E-state index is 12.9. The van der Waals surface area contributed by atoms with Crippen LogP contribution in [-0.2, 0) is 9.59 Å². The highest BCUT2D eigenvalue weighted by atomic mass is 32.2. The van der Waals surface area contributed by atoms with Crippen molar-refractivity contribution in [1.82, 2.24) is 4.90 Å². The maximum absolute atomic E-state index is 12.9. The normalized spacial score (nSPS) is 19.4. The lowest BCUT2D eigenvalue weighted by molar-refractivity contribution is -0.407. The van der Waals surface area contributed by atoms with Gasteiger partial charge in [0.15, 0.2) is 5.92 Å². The zero-order chi connectivity index (χ0) is 18.8. The minimum absolute atomic E-state index is 0.0650. The van der Waals surface area contributed by atoms with Gasteiger partial charge in [-0.15, -0.1) is 16.8 Å². The van der Waals surface area contributed by atoms with Crippen molar-refractivity contribution in [3.05, 3.63) is 41.1 Å². The van der Waals surface area contributed by atoms with Gasteiger partial charge in [-0.1, -0.05) is 0 Å². The molecule has 0 spiro atoms. The third kappa shape index (κ3) is 3.43. The smallest absolute Gasteiger partial charge is 0.325 e. The second-order valence-corrected chi connectivity index (χ2v) is 6.77. The molecule has 134 valence electrons. The van der Waals surface area contributed by atoms with Crippen molar-refractivity contribution in [2.24, 2.45) is 10.9 Å². The molecule has 0 aliphatic carbocycles. The Morgan fingerprint density at radius 2 is 2.04 bits per heavy atom. The molecule has 0 saturated heterocycles. The average Bonchev–Trinajstić information content (AvgIpc) is 2.64. The van der Waals surface area contributed by atoms with Crippen LogP contribution in [0.1, 0.15) is 0 Å². The van der Waals surface area contributed by atoms with Gasteiger partial charge in [-0.2, -0.15) is 9.48 Å². The molecule has 0 fully saturated rings. The summed E-state index contributed by atoms with van der Waals surface area (Å²) in [5, 5.41) is 2.66. The Labute approximate surface area is 153 Å². The number of carbonyl (C=O) groups excluding carboxylic acids is 3. The van der Waals surface area contributed by atoms with E-state index in [-0.39, 0.29) is 23.4 Å². The van der Waals surface area contributed by atoms with E-state index in [1.54, 1.807) is 13.1 Å². The van der Waals surface area contributed by atoms with E-state index in [1.165, 1.54) is 53.9 Å². The van der Waals surface area contributed by atoms with Gasteiger partial charge < -0.3 is 5.32 Å². The zero-order valence-corrected chi connectivity index (χ0v) is 14.9. The quantitative estimate of drug-likeness (QED) is 0.813. The molecule has 9 heteroatoms. The molecule has 2 aliphatic rings. The molecule has 26 heavy (non-hydrogen) atoms. The molecule has 0 aromatic heterocycles. The number of anilines is 1. The number of fused-ring (bicyclic) bond motifs is 1. The molecule has 2 heterocycles. The van der Waals surface area contributed by atoms with Crippen LogP contribution < -0.4 is 5.32 Å². The predicted octanol–water partition coefficient (Wildman–Crippen LogP) is 1.71. The van der Waals surface area contributed by atoms with E-state index in [9.17, 15) is 18.8 Å². The molecule has 0 radical (unpaired) electrons. The van der Waals surface area contributed by atoms with Gasteiger partial charge in [0.25, 0.3) is 5.84 Å². The number of hydrogen-bond acceptors (Lipinski definition) is 5. The van der Waals surface area contributed by atoms with Gasteiger partial charge in [-0.3, -0.25) is 9.59 Å². The zero-order valence-electron chi connectivity index (χ0n) is 14.1. The Hall–Kier alpha value is -2.81. The van der Waals surface area contributed by atoms with E-state index < -0.39 is 11.9 Å².